The van der Waals surface area contributed by atoms with E-state index in [1.165, 1.54) is 0 Å². The fraction of sp³-hybridized carbons (Fsp3) is 0.909. The molecule has 0 saturated heterocycles. The predicted molar refractivity (Wildman–Crippen MR) is 63.4 cm³/mol. The molecule has 0 amide bonds. The summed E-state index contributed by atoms with van der Waals surface area (Å²) in [5.74, 6) is -0.373. The van der Waals surface area contributed by atoms with Crippen LogP contribution in [0, 0.1) is 16.0 Å². The first-order valence-corrected chi connectivity index (χ1v) is 6.02. The zero-order chi connectivity index (χ0) is 14.0. The lowest BCUT2D eigenvalue weighted by atomic mass is 10.2. The predicted octanol–water partition coefficient (Wildman–Crippen LogP) is 1.58. The lowest BCUT2D eigenvalue weighted by Gasteiger charge is -2.13. The van der Waals surface area contributed by atoms with E-state index in [1.54, 1.807) is 20.8 Å². The maximum absolute atomic E-state index is 11.1. The molecule has 7 heteroatoms. The number of carbonyl (C=O) groups excluding carboxylic acids is 1. The second kappa shape index (κ2) is 9.64. The zero-order valence-electron chi connectivity index (χ0n) is 11.1. The van der Waals surface area contributed by atoms with E-state index in [0.717, 1.165) is 0 Å². The number of carbonyl (C=O) groups is 1. The number of ether oxygens (including phenoxy) is 2. The molecular formula is C11H21NO6. The Morgan fingerprint density at radius 2 is 2.00 bits per heavy atom. The van der Waals surface area contributed by atoms with Crippen molar-refractivity contribution < 1.29 is 24.2 Å². The molecule has 0 fully saturated rings. The summed E-state index contributed by atoms with van der Waals surface area (Å²) in [5.41, 5.74) is 0. The van der Waals surface area contributed by atoms with Crippen molar-refractivity contribution in [2.24, 2.45) is 5.92 Å². The first-order valence-electron chi connectivity index (χ1n) is 6.02. The minimum atomic E-state index is -0.818. The highest BCUT2D eigenvalue weighted by Crippen LogP contribution is 2.00. The molecule has 0 aliphatic rings. The van der Waals surface area contributed by atoms with Crippen LogP contribution in [0.4, 0.5) is 0 Å². The van der Waals surface area contributed by atoms with Crippen LogP contribution in [0.15, 0.2) is 0 Å². The van der Waals surface area contributed by atoms with Crippen LogP contribution < -0.4 is 0 Å². The maximum atomic E-state index is 11.1. The molecular weight excluding hydrogens is 242 g/mol. The SMILES string of the molecule is CCC(COCCCOC(=O)C(C)C)O[N+](=O)[O-]. The Labute approximate surface area is 106 Å². The van der Waals surface area contributed by atoms with Crippen molar-refractivity contribution >= 4 is 5.97 Å². The van der Waals surface area contributed by atoms with Crippen LogP contribution in [0.5, 0.6) is 0 Å². The van der Waals surface area contributed by atoms with Gasteiger partial charge in [-0.25, -0.2) is 0 Å². The molecule has 1 atom stereocenters. The first-order chi connectivity index (χ1) is 8.47. The van der Waals surface area contributed by atoms with Gasteiger partial charge in [0.1, 0.15) is 6.10 Å². The molecule has 0 aromatic heterocycles. The molecule has 0 aliphatic heterocycles. The third-order valence-electron chi connectivity index (χ3n) is 2.14. The molecule has 0 aliphatic carbocycles. The fourth-order valence-electron chi connectivity index (χ4n) is 1.06. The average molecular weight is 263 g/mol. The largest absolute Gasteiger partial charge is 0.465 e. The summed E-state index contributed by atoms with van der Waals surface area (Å²) in [6.07, 6.45) is 0.523. The molecule has 0 aromatic carbocycles. The molecule has 0 heterocycles. The summed E-state index contributed by atoms with van der Waals surface area (Å²) in [6.45, 7) is 6.14. The fourth-order valence-corrected chi connectivity index (χ4v) is 1.06. The molecule has 0 saturated carbocycles. The molecule has 18 heavy (non-hydrogen) atoms. The molecule has 0 bridgehead atoms. The van der Waals surface area contributed by atoms with Crippen LogP contribution in [0.2, 0.25) is 0 Å². The molecule has 0 radical (unpaired) electrons. The Kier molecular flexibility index (Phi) is 8.91. The van der Waals surface area contributed by atoms with Gasteiger partial charge in [-0.2, -0.15) is 0 Å². The minimum Gasteiger partial charge on any atom is -0.465 e. The van der Waals surface area contributed by atoms with E-state index in [-0.39, 0.29) is 18.5 Å². The van der Waals surface area contributed by atoms with Gasteiger partial charge >= 0.3 is 5.97 Å². The van der Waals surface area contributed by atoms with Gasteiger partial charge in [0.15, 0.2) is 0 Å². The topological polar surface area (TPSA) is 87.9 Å². The van der Waals surface area contributed by atoms with Crippen molar-refractivity contribution in [2.75, 3.05) is 19.8 Å². The Bertz CT molecular complexity index is 256. The van der Waals surface area contributed by atoms with Crippen LogP contribution in [-0.4, -0.2) is 37.0 Å². The van der Waals surface area contributed by atoms with Crippen molar-refractivity contribution in [3.8, 4) is 0 Å². The maximum Gasteiger partial charge on any atom is 0.308 e. The number of nitrogens with zero attached hydrogens (tertiary/aromatic N) is 1. The highest BCUT2D eigenvalue weighted by molar-refractivity contribution is 5.71. The van der Waals surface area contributed by atoms with E-state index in [1.807, 2.05) is 0 Å². The normalized spacial score (nSPS) is 12.2. The van der Waals surface area contributed by atoms with Gasteiger partial charge < -0.3 is 14.3 Å². The van der Waals surface area contributed by atoms with Gasteiger partial charge in [0.25, 0.3) is 5.09 Å². The number of hydrogen-bond donors (Lipinski definition) is 0. The molecule has 0 rings (SSSR count). The van der Waals surface area contributed by atoms with E-state index in [4.69, 9.17) is 9.47 Å². The standard InChI is InChI=1S/C11H21NO6/c1-4-10(18-12(14)15)8-16-6-5-7-17-11(13)9(2)3/h9-10H,4-8H2,1-3H3. The van der Waals surface area contributed by atoms with E-state index in [9.17, 15) is 14.9 Å². The van der Waals surface area contributed by atoms with Crippen LogP contribution in [0.1, 0.15) is 33.6 Å². The lowest BCUT2D eigenvalue weighted by molar-refractivity contribution is -0.769. The van der Waals surface area contributed by atoms with E-state index in [2.05, 4.69) is 4.84 Å². The average Bonchev–Trinajstić information content (AvgIpc) is 2.30. The van der Waals surface area contributed by atoms with Gasteiger partial charge in [0.2, 0.25) is 0 Å². The van der Waals surface area contributed by atoms with Gasteiger partial charge in [0, 0.05) is 13.0 Å². The van der Waals surface area contributed by atoms with Crippen molar-refractivity contribution in [3.05, 3.63) is 10.1 Å². The van der Waals surface area contributed by atoms with Crippen molar-refractivity contribution in [1.82, 2.24) is 0 Å². The van der Waals surface area contributed by atoms with Gasteiger partial charge in [-0.05, 0) is 6.42 Å². The van der Waals surface area contributed by atoms with E-state index >= 15 is 0 Å². The third-order valence-corrected chi connectivity index (χ3v) is 2.14. The van der Waals surface area contributed by atoms with Crippen LogP contribution in [0.3, 0.4) is 0 Å². The summed E-state index contributed by atoms with van der Waals surface area (Å²) < 4.78 is 10.2. The number of esters is 1. The van der Waals surface area contributed by atoms with Crippen LogP contribution in [0.25, 0.3) is 0 Å². The molecule has 0 N–H and O–H groups in total. The zero-order valence-corrected chi connectivity index (χ0v) is 11.1. The van der Waals surface area contributed by atoms with E-state index in [0.29, 0.717) is 26.1 Å². The lowest BCUT2D eigenvalue weighted by Crippen LogP contribution is -2.22. The summed E-state index contributed by atoms with van der Waals surface area (Å²) in [6, 6.07) is 0. The number of hydrogen-bond acceptors (Lipinski definition) is 6. The Balaban J connectivity index is 3.49. The smallest absolute Gasteiger partial charge is 0.308 e. The molecule has 0 spiro atoms. The monoisotopic (exact) mass is 263 g/mol. The molecule has 106 valence electrons. The van der Waals surface area contributed by atoms with Gasteiger partial charge in [-0.15, -0.1) is 10.1 Å². The van der Waals surface area contributed by atoms with Crippen molar-refractivity contribution in [1.29, 1.82) is 0 Å². The second-order valence-electron chi connectivity index (χ2n) is 4.11. The summed E-state index contributed by atoms with van der Waals surface area (Å²) >= 11 is 0. The number of rotatable bonds is 10. The second-order valence-corrected chi connectivity index (χ2v) is 4.11. The Morgan fingerprint density at radius 3 is 2.50 bits per heavy atom. The van der Waals surface area contributed by atoms with Crippen LogP contribution in [-0.2, 0) is 19.1 Å². The van der Waals surface area contributed by atoms with Crippen molar-refractivity contribution in [2.45, 2.75) is 39.7 Å². The van der Waals surface area contributed by atoms with Crippen LogP contribution >= 0.6 is 0 Å². The van der Waals surface area contributed by atoms with Crippen molar-refractivity contribution in [3.63, 3.8) is 0 Å². The van der Waals surface area contributed by atoms with E-state index < -0.39 is 11.2 Å². The summed E-state index contributed by atoms with van der Waals surface area (Å²) in [7, 11) is 0. The van der Waals surface area contributed by atoms with Gasteiger partial charge in [-0.1, -0.05) is 20.8 Å². The van der Waals surface area contributed by atoms with Gasteiger partial charge in [0.05, 0.1) is 19.1 Å². The highest BCUT2D eigenvalue weighted by Gasteiger charge is 2.11. The first kappa shape index (κ1) is 16.6. The summed E-state index contributed by atoms with van der Waals surface area (Å²) in [5, 5.41) is 9.30. The molecule has 7 nitrogen and oxygen atoms in total. The summed E-state index contributed by atoms with van der Waals surface area (Å²) in [4.78, 5) is 25.6. The highest BCUT2D eigenvalue weighted by atomic mass is 17.0. The van der Waals surface area contributed by atoms with Gasteiger partial charge in [-0.3, -0.25) is 4.79 Å². The third kappa shape index (κ3) is 8.74. The molecule has 0 aromatic rings. The quantitative estimate of drug-likeness (QED) is 0.257. The Morgan fingerprint density at radius 1 is 1.33 bits per heavy atom. The minimum absolute atomic E-state index is 0.135. The Hall–Kier alpha value is -1.37. The molecule has 1 unspecified atom stereocenters.